The van der Waals surface area contributed by atoms with E-state index in [-0.39, 0.29) is 5.91 Å². The number of carbonyl (C=O) groups is 1. The molecule has 1 atom stereocenters. The molecule has 0 aliphatic heterocycles. The van der Waals surface area contributed by atoms with Crippen molar-refractivity contribution in [3.8, 4) is 6.07 Å². The topological polar surface area (TPSA) is 52.9 Å². The van der Waals surface area contributed by atoms with Gasteiger partial charge in [-0.2, -0.15) is 5.26 Å². The zero-order chi connectivity index (χ0) is 14.7. The third-order valence-corrected chi connectivity index (χ3v) is 5.11. The summed E-state index contributed by atoms with van der Waals surface area (Å²) < 4.78 is 0. The third-order valence-electron chi connectivity index (χ3n) is 5.11. The number of carbonyl (C=O) groups excluding carboxylic acids is 1. The molecular weight excluding hydrogens is 260 g/mol. The van der Waals surface area contributed by atoms with Crippen LogP contribution in [0.5, 0.6) is 0 Å². The summed E-state index contributed by atoms with van der Waals surface area (Å²) in [5.74, 6) is 0.349. The molecule has 1 saturated carbocycles. The zero-order valence-corrected chi connectivity index (χ0v) is 12.4. The van der Waals surface area contributed by atoms with Crippen molar-refractivity contribution in [2.24, 2.45) is 5.41 Å². The summed E-state index contributed by atoms with van der Waals surface area (Å²) in [6.07, 6.45) is 6.87. The van der Waals surface area contributed by atoms with Gasteiger partial charge in [0.05, 0.1) is 6.07 Å². The van der Waals surface area contributed by atoms with Gasteiger partial charge in [0.2, 0.25) is 5.91 Å². The summed E-state index contributed by atoms with van der Waals surface area (Å²) in [5, 5.41) is 12.4. The molecule has 0 spiro atoms. The van der Waals surface area contributed by atoms with E-state index in [1.165, 1.54) is 17.5 Å². The van der Waals surface area contributed by atoms with E-state index in [0.717, 1.165) is 38.5 Å². The van der Waals surface area contributed by atoms with Crippen molar-refractivity contribution in [3.05, 3.63) is 35.4 Å². The Bertz CT molecular complexity index is 567. The standard InChI is InChI=1S/C18H22N2O/c19-13-18(10-3-4-11-18)17(21)20-12-15-8-5-7-14-6-1-2-9-16(14)15/h1-2,6,9,15H,3-5,7-8,10-12H2,(H,20,21). The van der Waals surface area contributed by atoms with Crippen LogP contribution in [0.4, 0.5) is 0 Å². The first kappa shape index (κ1) is 14.1. The van der Waals surface area contributed by atoms with Crippen molar-refractivity contribution in [1.82, 2.24) is 5.32 Å². The number of nitrogens with one attached hydrogen (secondary N) is 1. The maximum absolute atomic E-state index is 12.4. The molecule has 1 aromatic carbocycles. The Kier molecular flexibility index (Phi) is 3.96. The van der Waals surface area contributed by atoms with Gasteiger partial charge in [0, 0.05) is 12.5 Å². The van der Waals surface area contributed by atoms with Crippen LogP contribution in [0.25, 0.3) is 0 Å². The van der Waals surface area contributed by atoms with Crippen LogP contribution >= 0.6 is 0 Å². The van der Waals surface area contributed by atoms with Gasteiger partial charge in [0.1, 0.15) is 5.41 Å². The Morgan fingerprint density at radius 1 is 1.29 bits per heavy atom. The summed E-state index contributed by atoms with van der Waals surface area (Å²) in [4.78, 5) is 12.4. The molecule has 1 aromatic rings. The molecule has 3 rings (SSSR count). The second-order valence-corrected chi connectivity index (χ2v) is 6.40. The first-order valence-electron chi connectivity index (χ1n) is 8.02. The number of rotatable bonds is 3. The van der Waals surface area contributed by atoms with E-state index in [1.54, 1.807) is 0 Å². The number of nitriles is 1. The number of hydrogen-bond acceptors (Lipinski definition) is 2. The predicted molar refractivity (Wildman–Crippen MR) is 81.6 cm³/mol. The molecule has 110 valence electrons. The molecular formula is C18H22N2O. The third kappa shape index (κ3) is 2.68. The maximum atomic E-state index is 12.4. The van der Waals surface area contributed by atoms with Crippen LogP contribution in [-0.2, 0) is 11.2 Å². The van der Waals surface area contributed by atoms with Gasteiger partial charge in [-0.3, -0.25) is 4.79 Å². The molecule has 2 aliphatic rings. The van der Waals surface area contributed by atoms with Gasteiger partial charge in [-0.1, -0.05) is 37.1 Å². The molecule has 1 N–H and O–H groups in total. The SMILES string of the molecule is N#CC1(C(=O)NCC2CCCc3ccccc32)CCCC1. The minimum Gasteiger partial charge on any atom is -0.354 e. The summed E-state index contributed by atoms with van der Waals surface area (Å²) in [5.41, 5.74) is 2.04. The van der Waals surface area contributed by atoms with Gasteiger partial charge < -0.3 is 5.32 Å². The molecule has 1 amide bonds. The lowest BCUT2D eigenvalue weighted by molar-refractivity contribution is -0.128. The maximum Gasteiger partial charge on any atom is 0.240 e. The number of hydrogen-bond donors (Lipinski definition) is 1. The number of nitrogens with zero attached hydrogens (tertiary/aromatic N) is 1. The molecule has 1 fully saturated rings. The largest absolute Gasteiger partial charge is 0.354 e. The summed E-state index contributed by atoms with van der Waals surface area (Å²) in [6, 6.07) is 10.8. The summed E-state index contributed by atoms with van der Waals surface area (Å²) in [7, 11) is 0. The van der Waals surface area contributed by atoms with E-state index < -0.39 is 5.41 Å². The molecule has 0 aromatic heterocycles. The van der Waals surface area contributed by atoms with Crippen LogP contribution in [0.15, 0.2) is 24.3 Å². The normalized spacial score (nSPS) is 23.1. The van der Waals surface area contributed by atoms with Gasteiger partial charge in [0.15, 0.2) is 0 Å². The zero-order valence-electron chi connectivity index (χ0n) is 12.4. The van der Waals surface area contributed by atoms with E-state index in [4.69, 9.17) is 0 Å². The van der Waals surface area contributed by atoms with E-state index in [9.17, 15) is 10.1 Å². The first-order chi connectivity index (χ1) is 10.2. The fourth-order valence-electron chi connectivity index (χ4n) is 3.82. The average Bonchev–Trinajstić information content (AvgIpc) is 3.03. The van der Waals surface area contributed by atoms with Crippen molar-refractivity contribution in [3.63, 3.8) is 0 Å². The van der Waals surface area contributed by atoms with E-state index in [2.05, 4.69) is 35.7 Å². The Hall–Kier alpha value is -1.82. The lowest BCUT2D eigenvalue weighted by Crippen LogP contribution is -2.40. The van der Waals surface area contributed by atoms with Gasteiger partial charge in [0.25, 0.3) is 0 Å². The average molecular weight is 282 g/mol. The monoisotopic (exact) mass is 282 g/mol. The van der Waals surface area contributed by atoms with Gasteiger partial charge in [-0.25, -0.2) is 0 Å². The van der Waals surface area contributed by atoms with Crippen molar-refractivity contribution >= 4 is 5.91 Å². The second-order valence-electron chi connectivity index (χ2n) is 6.40. The quantitative estimate of drug-likeness (QED) is 0.924. The molecule has 0 bridgehead atoms. The summed E-state index contributed by atoms with van der Waals surface area (Å²) in [6.45, 7) is 0.666. The van der Waals surface area contributed by atoms with Crippen LogP contribution in [0.2, 0.25) is 0 Å². The smallest absolute Gasteiger partial charge is 0.240 e. The summed E-state index contributed by atoms with van der Waals surface area (Å²) >= 11 is 0. The molecule has 0 saturated heterocycles. The molecule has 21 heavy (non-hydrogen) atoms. The van der Waals surface area contributed by atoms with Crippen LogP contribution < -0.4 is 5.32 Å². The predicted octanol–water partition coefficient (Wildman–Crippen LogP) is 3.31. The highest BCUT2D eigenvalue weighted by Crippen LogP contribution is 2.38. The molecule has 1 unspecified atom stereocenters. The Morgan fingerprint density at radius 3 is 2.81 bits per heavy atom. The molecule has 2 aliphatic carbocycles. The Labute approximate surface area is 126 Å². The highest BCUT2D eigenvalue weighted by atomic mass is 16.2. The Morgan fingerprint density at radius 2 is 2.05 bits per heavy atom. The lowest BCUT2D eigenvalue weighted by atomic mass is 9.82. The van der Waals surface area contributed by atoms with E-state index >= 15 is 0 Å². The van der Waals surface area contributed by atoms with Crippen LogP contribution in [0, 0.1) is 16.7 Å². The Balaban J connectivity index is 1.66. The van der Waals surface area contributed by atoms with Crippen molar-refractivity contribution in [2.45, 2.75) is 50.9 Å². The molecule has 0 radical (unpaired) electrons. The van der Waals surface area contributed by atoms with E-state index in [0.29, 0.717) is 12.5 Å². The highest BCUT2D eigenvalue weighted by Gasteiger charge is 2.41. The molecule has 0 heterocycles. The molecule has 3 heteroatoms. The van der Waals surface area contributed by atoms with Crippen molar-refractivity contribution < 1.29 is 4.79 Å². The fourth-order valence-corrected chi connectivity index (χ4v) is 3.82. The second kappa shape index (κ2) is 5.89. The molecule has 3 nitrogen and oxygen atoms in total. The number of fused-ring (bicyclic) bond motifs is 1. The van der Waals surface area contributed by atoms with Crippen LogP contribution in [-0.4, -0.2) is 12.5 Å². The van der Waals surface area contributed by atoms with Crippen LogP contribution in [0.1, 0.15) is 55.6 Å². The lowest BCUT2D eigenvalue weighted by Gasteiger charge is -2.27. The highest BCUT2D eigenvalue weighted by molar-refractivity contribution is 5.85. The minimum absolute atomic E-state index is 0.0504. The van der Waals surface area contributed by atoms with Crippen molar-refractivity contribution in [1.29, 1.82) is 5.26 Å². The number of amides is 1. The number of benzene rings is 1. The number of aryl methyl sites for hydroxylation is 1. The van der Waals surface area contributed by atoms with Gasteiger partial charge >= 0.3 is 0 Å². The van der Waals surface area contributed by atoms with Crippen LogP contribution in [0.3, 0.4) is 0 Å². The van der Waals surface area contributed by atoms with E-state index in [1.807, 2.05) is 0 Å². The van der Waals surface area contributed by atoms with Gasteiger partial charge in [-0.05, 0) is 43.2 Å². The minimum atomic E-state index is -0.756. The van der Waals surface area contributed by atoms with Crippen molar-refractivity contribution in [2.75, 3.05) is 6.54 Å². The first-order valence-corrected chi connectivity index (χ1v) is 8.02. The van der Waals surface area contributed by atoms with Gasteiger partial charge in [-0.15, -0.1) is 0 Å². The fraction of sp³-hybridized carbons (Fsp3) is 0.556.